The molecule has 1 unspecified atom stereocenters. The SMILES string of the molecule is CCC(CC)C(=O)N1NC(c2ccc(NS(C)(=O)=O)cc2)=CC1c1ccccc1F. The Morgan fingerprint density at radius 2 is 1.77 bits per heavy atom. The number of rotatable bonds is 7. The van der Waals surface area contributed by atoms with Gasteiger partial charge in [-0.2, -0.15) is 0 Å². The van der Waals surface area contributed by atoms with Crippen molar-refractivity contribution >= 4 is 27.3 Å². The fourth-order valence-electron chi connectivity index (χ4n) is 3.53. The molecule has 0 bridgehead atoms. The summed E-state index contributed by atoms with van der Waals surface area (Å²) in [6, 6.07) is 12.6. The Labute approximate surface area is 176 Å². The fraction of sp³-hybridized carbons (Fsp3) is 0.318. The van der Waals surface area contributed by atoms with Gasteiger partial charge in [0.25, 0.3) is 0 Å². The number of carbonyl (C=O) groups is 1. The number of benzene rings is 2. The molecule has 0 aliphatic carbocycles. The summed E-state index contributed by atoms with van der Waals surface area (Å²) in [5.41, 5.74) is 5.41. The van der Waals surface area contributed by atoms with Crippen molar-refractivity contribution in [2.75, 3.05) is 11.0 Å². The largest absolute Gasteiger partial charge is 0.295 e. The van der Waals surface area contributed by atoms with Crippen molar-refractivity contribution in [1.82, 2.24) is 10.4 Å². The van der Waals surface area contributed by atoms with Crippen molar-refractivity contribution in [3.8, 4) is 0 Å². The van der Waals surface area contributed by atoms with Crippen molar-refractivity contribution in [3.05, 3.63) is 71.6 Å². The highest BCUT2D eigenvalue weighted by molar-refractivity contribution is 7.92. The summed E-state index contributed by atoms with van der Waals surface area (Å²) in [6.07, 6.45) is 4.29. The number of hydrazine groups is 1. The third kappa shape index (κ3) is 4.81. The molecule has 30 heavy (non-hydrogen) atoms. The van der Waals surface area contributed by atoms with Crippen LogP contribution < -0.4 is 10.1 Å². The van der Waals surface area contributed by atoms with Crippen LogP contribution in [0, 0.1) is 11.7 Å². The van der Waals surface area contributed by atoms with E-state index in [1.54, 1.807) is 42.5 Å². The highest BCUT2D eigenvalue weighted by Gasteiger charge is 2.34. The van der Waals surface area contributed by atoms with Gasteiger partial charge < -0.3 is 0 Å². The normalized spacial score (nSPS) is 16.4. The Hall–Kier alpha value is -2.87. The summed E-state index contributed by atoms with van der Waals surface area (Å²) in [5.74, 6) is -0.632. The molecule has 0 saturated heterocycles. The van der Waals surface area contributed by atoms with E-state index in [2.05, 4.69) is 10.1 Å². The van der Waals surface area contributed by atoms with Crippen LogP contribution in [0.15, 0.2) is 54.6 Å². The Morgan fingerprint density at radius 3 is 2.33 bits per heavy atom. The molecule has 0 spiro atoms. The predicted octanol–water partition coefficient (Wildman–Crippen LogP) is 4.06. The Morgan fingerprint density at radius 1 is 1.13 bits per heavy atom. The Kier molecular flexibility index (Phi) is 6.45. The molecule has 0 saturated carbocycles. The zero-order chi connectivity index (χ0) is 21.9. The molecule has 2 aromatic rings. The summed E-state index contributed by atoms with van der Waals surface area (Å²) < 4.78 is 39.7. The smallest absolute Gasteiger partial charge is 0.244 e. The first-order valence-electron chi connectivity index (χ1n) is 9.87. The van der Waals surface area contributed by atoms with Crippen molar-refractivity contribution < 1.29 is 17.6 Å². The number of hydrogen-bond donors (Lipinski definition) is 2. The lowest BCUT2D eigenvalue weighted by Crippen LogP contribution is -2.43. The van der Waals surface area contributed by atoms with E-state index in [0.717, 1.165) is 11.8 Å². The molecule has 3 rings (SSSR count). The van der Waals surface area contributed by atoms with Gasteiger partial charge in [0.05, 0.1) is 12.0 Å². The predicted molar refractivity (Wildman–Crippen MR) is 116 cm³/mol. The van der Waals surface area contributed by atoms with Gasteiger partial charge in [0.1, 0.15) is 11.9 Å². The number of halogens is 1. The average Bonchev–Trinajstić information content (AvgIpc) is 3.13. The molecule has 1 aliphatic rings. The molecule has 1 amide bonds. The van der Waals surface area contributed by atoms with Gasteiger partial charge in [-0.25, -0.2) is 17.8 Å². The zero-order valence-corrected chi connectivity index (χ0v) is 18.0. The molecule has 8 heteroatoms. The first kappa shape index (κ1) is 21.8. The molecule has 6 nitrogen and oxygen atoms in total. The molecular formula is C22H26FN3O3S. The topological polar surface area (TPSA) is 78.5 Å². The third-order valence-electron chi connectivity index (χ3n) is 5.14. The van der Waals surface area contributed by atoms with Gasteiger partial charge in [0.2, 0.25) is 15.9 Å². The number of nitrogens with one attached hydrogen (secondary N) is 2. The van der Waals surface area contributed by atoms with Crippen LogP contribution in [0.3, 0.4) is 0 Å². The zero-order valence-electron chi connectivity index (χ0n) is 17.2. The van der Waals surface area contributed by atoms with Gasteiger partial charge in [-0.1, -0.05) is 44.2 Å². The number of sulfonamides is 1. The van der Waals surface area contributed by atoms with Gasteiger partial charge in [-0.05, 0) is 42.7 Å². The first-order chi connectivity index (χ1) is 14.2. The highest BCUT2D eigenvalue weighted by Crippen LogP contribution is 2.34. The number of nitrogens with zero attached hydrogens (tertiary/aromatic N) is 1. The molecule has 1 heterocycles. The monoisotopic (exact) mass is 431 g/mol. The summed E-state index contributed by atoms with van der Waals surface area (Å²) in [4.78, 5) is 13.1. The maximum absolute atomic E-state index is 14.5. The standard InChI is InChI=1S/C22H26FN3O3S/c1-4-15(5-2)22(27)26-21(18-8-6-7-9-19(18)23)14-20(24-26)16-10-12-17(13-11-16)25-30(3,28)29/h6-15,21,24-25H,4-5H2,1-3H3. The molecule has 1 atom stereocenters. The molecule has 160 valence electrons. The number of amides is 1. The van der Waals surface area contributed by atoms with Crippen LogP contribution in [-0.2, 0) is 14.8 Å². The second-order valence-electron chi connectivity index (χ2n) is 7.33. The minimum absolute atomic E-state index is 0.0881. The molecular weight excluding hydrogens is 405 g/mol. The molecule has 0 aromatic heterocycles. The van der Waals surface area contributed by atoms with E-state index in [0.29, 0.717) is 29.8 Å². The van der Waals surface area contributed by atoms with Gasteiger partial charge in [0, 0.05) is 17.2 Å². The maximum Gasteiger partial charge on any atom is 0.244 e. The fourth-order valence-corrected chi connectivity index (χ4v) is 4.10. The van der Waals surface area contributed by atoms with Gasteiger partial charge >= 0.3 is 0 Å². The van der Waals surface area contributed by atoms with Crippen molar-refractivity contribution in [1.29, 1.82) is 0 Å². The maximum atomic E-state index is 14.5. The van der Waals surface area contributed by atoms with Crippen LogP contribution >= 0.6 is 0 Å². The van der Waals surface area contributed by atoms with Gasteiger partial charge in [-0.15, -0.1) is 0 Å². The summed E-state index contributed by atoms with van der Waals surface area (Å²) in [6.45, 7) is 3.92. The quantitative estimate of drug-likeness (QED) is 0.693. The molecule has 0 fully saturated rings. The Bertz CT molecular complexity index is 1050. The van der Waals surface area contributed by atoms with Crippen LogP contribution in [0.2, 0.25) is 0 Å². The van der Waals surface area contributed by atoms with Gasteiger partial charge in [0.15, 0.2) is 0 Å². The third-order valence-corrected chi connectivity index (χ3v) is 5.75. The number of hydrogen-bond acceptors (Lipinski definition) is 4. The van der Waals surface area contributed by atoms with E-state index >= 15 is 0 Å². The highest BCUT2D eigenvalue weighted by atomic mass is 32.2. The molecule has 2 aromatic carbocycles. The minimum Gasteiger partial charge on any atom is -0.295 e. The first-order valence-corrected chi connectivity index (χ1v) is 11.8. The minimum atomic E-state index is -3.37. The van der Waals surface area contributed by atoms with Crippen LogP contribution in [0.4, 0.5) is 10.1 Å². The van der Waals surface area contributed by atoms with Crippen LogP contribution in [0.1, 0.15) is 43.9 Å². The van der Waals surface area contributed by atoms with Crippen LogP contribution in [0.5, 0.6) is 0 Å². The summed E-state index contributed by atoms with van der Waals surface area (Å²) >= 11 is 0. The van der Waals surface area contributed by atoms with Crippen molar-refractivity contribution in [3.63, 3.8) is 0 Å². The second kappa shape index (κ2) is 8.87. The molecule has 2 N–H and O–H groups in total. The summed E-state index contributed by atoms with van der Waals surface area (Å²) in [7, 11) is -3.37. The van der Waals surface area contributed by atoms with Crippen molar-refractivity contribution in [2.24, 2.45) is 5.92 Å². The van der Waals surface area contributed by atoms with E-state index in [1.807, 2.05) is 19.9 Å². The Balaban J connectivity index is 1.95. The van der Waals surface area contributed by atoms with Crippen LogP contribution in [0.25, 0.3) is 5.70 Å². The average molecular weight is 432 g/mol. The van der Waals surface area contributed by atoms with E-state index in [4.69, 9.17) is 0 Å². The van der Waals surface area contributed by atoms with E-state index in [-0.39, 0.29) is 17.6 Å². The molecule has 1 aliphatic heterocycles. The lowest BCUT2D eigenvalue weighted by Gasteiger charge is -2.29. The second-order valence-corrected chi connectivity index (χ2v) is 9.08. The number of anilines is 1. The van der Waals surface area contributed by atoms with E-state index in [1.165, 1.54) is 11.1 Å². The van der Waals surface area contributed by atoms with E-state index < -0.39 is 16.1 Å². The summed E-state index contributed by atoms with van der Waals surface area (Å²) in [5, 5.41) is 1.49. The lowest BCUT2D eigenvalue weighted by molar-refractivity contribution is -0.139. The molecule has 0 radical (unpaired) electrons. The van der Waals surface area contributed by atoms with E-state index in [9.17, 15) is 17.6 Å². The van der Waals surface area contributed by atoms with Crippen molar-refractivity contribution in [2.45, 2.75) is 32.7 Å². The lowest BCUT2D eigenvalue weighted by atomic mass is 9.99. The van der Waals surface area contributed by atoms with Gasteiger partial charge in [-0.3, -0.25) is 14.9 Å². The number of carbonyl (C=O) groups excluding carboxylic acids is 1. The van der Waals surface area contributed by atoms with Crippen LogP contribution in [-0.4, -0.2) is 25.6 Å².